The molecule has 26 heavy (non-hydrogen) atoms. The summed E-state index contributed by atoms with van der Waals surface area (Å²) in [6.45, 7) is 0. The van der Waals surface area contributed by atoms with Crippen LogP contribution in [0.4, 0.5) is 0 Å². The molecule has 0 N–H and O–H groups in total. The maximum Gasteiger partial charge on any atom is 0.363 e. The molecule has 128 valence electrons. The number of benzene rings is 2. The highest BCUT2D eigenvalue weighted by molar-refractivity contribution is 14.1. The van der Waals surface area contributed by atoms with Crippen LogP contribution < -0.4 is 0 Å². The molecule has 0 saturated carbocycles. The summed E-state index contributed by atoms with van der Waals surface area (Å²) in [4.78, 5) is 16.4. The molecular weight excluding hydrogens is 509 g/mol. The average molecular weight is 520 g/mol. The molecule has 0 aliphatic carbocycles. The SMILES string of the molecule is O=C1OC(c2cccc(I)c2)=N/C1=C\c1ccc(-c2ccc(Br)cc2)o1. The van der Waals surface area contributed by atoms with Gasteiger partial charge >= 0.3 is 5.97 Å². The molecule has 0 saturated heterocycles. The Morgan fingerprint density at radius 3 is 2.58 bits per heavy atom. The van der Waals surface area contributed by atoms with Crippen molar-refractivity contribution < 1.29 is 13.9 Å². The van der Waals surface area contributed by atoms with E-state index in [4.69, 9.17) is 9.15 Å². The minimum atomic E-state index is -0.486. The van der Waals surface area contributed by atoms with Gasteiger partial charge in [0, 0.05) is 25.2 Å². The largest absolute Gasteiger partial charge is 0.457 e. The van der Waals surface area contributed by atoms with Crippen molar-refractivity contribution in [2.45, 2.75) is 0 Å². The van der Waals surface area contributed by atoms with Crippen LogP contribution in [0.5, 0.6) is 0 Å². The van der Waals surface area contributed by atoms with Crippen molar-refractivity contribution in [2.75, 3.05) is 0 Å². The van der Waals surface area contributed by atoms with Gasteiger partial charge in [0.1, 0.15) is 11.5 Å². The number of rotatable bonds is 3. The normalized spacial score (nSPS) is 15.2. The molecule has 0 atom stereocenters. The van der Waals surface area contributed by atoms with Crippen LogP contribution in [0.3, 0.4) is 0 Å². The van der Waals surface area contributed by atoms with Gasteiger partial charge in [-0.05, 0) is 65.1 Å². The third-order valence-corrected chi connectivity index (χ3v) is 4.93. The quantitative estimate of drug-likeness (QED) is 0.255. The molecule has 4 rings (SSSR count). The van der Waals surface area contributed by atoms with Crippen LogP contribution >= 0.6 is 38.5 Å². The van der Waals surface area contributed by atoms with E-state index in [2.05, 4.69) is 43.5 Å². The molecule has 0 bridgehead atoms. The van der Waals surface area contributed by atoms with Crippen molar-refractivity contribution >= 4 is 56.5 Å². The summed E-state index contributed by atoms with van der Waals surface area (Å²) in [6, 6.07) is 19.1. The smallest absolute Gasteiger partial charge is 0.363 e. The minimum absolute atomic E-state index is 0.218. The van der Waals surface area contributed by atoms with Gasteiger partial charge in [0.25, 0.3) is 0 Å². The van der Waals surface area contributed by atoms with Gasteiger partial charge in [-0.2, -0.15) is 0 Å². The molecule has 6 heteroatoms. The monoisotopic (exact) mass is 519 g/mol. The van der Waals surface area contributed by atoms with Crippen molar-refractivity contribution in [1.82, 2.24) is 0 Å². The van der Waals surface area contributed by atoms with Crippen LogP contribution in [0.25, 0.3) is 17.4 Å². The fraction of sp³-hybridized carbons (Fsp3) is 0. The highest BCUT2D eigenvalue weighted by Crippen LogP contribution is 2.26. The first-order valence-electron chi connectivity index (χ1n) is 7.73. The van der Waals surface area contributed by atoms with E-state index in [1.165, 1.54) is 0 Å². The number of aliphatic imine (C=N–C) groups is 1. The van der Waals surface area contributed by atoms with Gasteiger partial charge in [-0.1, -0.05) is 34.1 Å². The predicted octanol–water partition coefficient (Wildman–Crippen LogP) is 5.66. The Morgan fingerprint density at radius 2 is 1.81 bits per heavy atom. The Kier molecular flexibility index (Phi) is 4.78. The van der Waals surface area contributed by atoms with Crippen molar-refractivity contribution in [3.63, 3.8) is 0 Å². The van der Waals surface area contributed by atoms with E-state index in [-0.39, 0.29) is 5.70 Å². The summed E-state index contributed by atoms with van der Waals surface area (Å²) in [6.07, 6.45) is 1.59. The minimum Gasteiger partial charge on any atom is -0.457 e. The van der Waals surface area contributed by atoms with Gasteiger partial charge in [-0.25, -0.2) is 9.79 Å². The molecular formula is C20H11BrINO3. The Labute approximate surface area is 171 Å². The molecule has 1 aromatic heterocycles. The van der Waals surface area contributed by atoms with Crippen molar-refractivity contribution in [3.8, 4) is 11.3 Å². The summed E-state index contributed by atoms with van der Waals surface area (Å²) in [7, 11) is 0. The standard InChI is InChI=1S/C20H11BrINO3/c21-14-6-4-12(5-7-14)18-9-8-16(25-18)11-17-20(24)26-19(23-17)13-2-1-3-15(22)10-13/h1-11H/b17-11-. The number of furan rings is 1. The lowest BCUT2D eigenvalue weighted by molar-refractivity contribution is -0.129. The molecule has 2 heterocycles. The van der Waals surface area contributed by atoms with E-state index in [0.29, 0.717) is 11.7 Å². The average Bonchev–Trinajstić information content (AvgIpc) is 3.23. The van der Waals surface area contributed by atoms with E-state index < -0.39 is 5.97 Å². The molecule has 2 aromatic carbocycles. The number of hydrogen-bond acceptors (Lipinski definition) is 4. The third-order valence-electron chi connectivity index (χ3n) is 3.73. The third kappa shape index (κ3) is 3.66. The molecule has 1 aliphatic rings. The zero-order chi connectivity index (χ0) is 18.1. The lowest BCUT2D eigenvalue weighted by Gasteiger charge is -1.99. The maximum atomic E-state index is 12.1. The Balaban J connectivity index is 1.62. The maximum absolute atomic E-state index is 12.1. The number of nitrogens with zero attached hydrogens (tertiary/aromatic N) is 1. The fourth-order valence-electron chi connectivity index (χ4n) is 2.49. The molecule has 4 nitrogen and oxygen atoms in total. The number of hydrogen-bond donors (Lipinski definition) is 0. The van der Waals surface area contributed by atoms with Gasteiger partial charge in [-0.3, -0.25) is 0 Å². The second kappa shape index (κ2) is 7.20. The van der Waals surface area contributed by atoms with Crippen LogP contribution in [-0.2, 0) is 9.53 Å². The Morgan fingerprint density at radius 1 is 1.00 bits per heavy atom. The summed E-state index contributed by atoms with van der Waals surface area (Å²) >= 11 is 5.61. The van der Waals surface area contributed by atoms with E-state index >= 15 is 0 Å². The van der Waals surface area contributed by atoms with E-state index in [1.807, 2.05) is 54.6 Å². The van der Waals surface area contributed by atoms with E-state index in [1.54, 1.807) is 12.1 Å². The number of esters is 1. The highest BCUT2D eigenvalue weighted by atomic mass is 127. The fourth-order valence-corrected chi connectivity index (χ4v) is 3.30. The number of halogens is 2. The molecule has 0 radical (unpaired) electrons. The zero-order valence-corrected chi connectivity index (χ0v) is 17.0. The van der Waals surface area contributed by atoms with Crippen LogP contribution in [0, 0.1) is 3.57 Å². The molecule has 0 unspecified atom stereocenters. The van der Waals surface area contributed by atoms with E-state index in [0.717, 1.165) is 24.9 Å². The predicted molar refractivity (Wildman–Crippen MR) is 112 cm³/mol. The molecule has 0 fully saturated rings. The van der Waals surface area contributed by atoms with Gasteiger partial charge in [0.15, 0.2) is 5.70 Å². The first kappa shape index (κ1) is 17.2. The van der Waals surface area contributed by atoms with Gasteiger partial charge in [0.2, 0.25) is 5.90 Å². The van der Waals surface area contributed by atoms with Crippen LogP contribution in [0.15, 0.2) is 80.2 Å². The molecule has 0 spiro atoms. The molecule has 3 aromatic rings. The van der Waals surface area contributed by atoms with Crippen LogP contribution in [0.2, 0.25) is 0 Å². The van der Waals surface area contributed by atoms with Gasteiger partial charge in [-0.15, -0.1) is 0 Å². The second-order valence-electron chi connectivity index (χ2n) is 5.56. The van der Waals surface area contributed by atoms with Gasteiger partial charge < -0.3 is 9.15 Å². The summed E-state index contributed by atoms with van der Waals surface area (Å²) in [5.74, 6) is 1.08. The summed E-state index contributed by atoms with van der Waals surface area (Å²) in [5.41, 5.74) is 1.94. The second-order valence-corrected chi connectivity index (χ2v) is 7.72. The summed E-state index contributed by atoms with van der Waals surface area (Å²) < 4.78 is 13.1. The van der Waals surface area contributed by atoms with Crippen molar-refractivity contribution in [2.24, 2.45) is 4.99 Å². The molecule has 1 aliphatic heterocycles. The lowest BCUT2D eigenvalue weighted by atomic mass is 10.2. The first-order valence-corrected chi connectivity index (χ1v) is 9.60. The topological polar surface area (TPSA) is 51.8 Å². The van der Waals surface area contributed by atoms with Crippen LogP contribution in [-0.4, -0.2) is 11.9 Å². The van der Waals surface area contributed by atoms with Gasteiger partial charge in [0.05, 0.1) is 0 Å². The number of carbonyl (C=O) groups is 1. The molecule has 0 amide bonds. The number of cyclic esters (lactones) is 1. The lowest BCUT2D eigenvalue weighted by Crippen LogP contribution is -2.05. The highest BCUT2D eigenvalue weighted by Gasteiger charge is 2.24. The van der Waals surface area contributed by atoms with Crippen molar-refractivity contribution in [1.29, 1.82) is 0 Å². The van der Waals surface area contributed by atoms with E-state index in [9.17, 15) is 4.79 Å². The van der Waals surface area contributed by atoms with Crippen molar-refractivity contribution in [3.05, 3.63) is 85.7 Å². The Bertz CT molecular complexity index is 1050. The number of ether oxygens (including phenoxy) is 1. The number of carbonyl (C=O) groups excluding carboxylic acids is 1. The zero-order valence-electron chi connectivity index (χ0n) is 13.3. The first-order chi connectivity index (χ1) is 12.6. The summed E-state index contributed by atoms with van der Waals surface area (Å²) in [5, 5.41) is 0. The Hall–Kier alpha value is -2.19. The van der Waals surface area contributed by atoms with Crippen LogP contribution in [0.1, 0.15) is 11.3 Å².